The number of anilines is 1. The van der Waals surface area contributed by atoms with Crippen molar-refractivity contribution in [3.63, 3.8) is 0 Å². The lowest BCUT2D eigenvalue weighted by Gasteiger charge is -2.11. The van der Waals surface area contributed by atoms with Gasteiger partial charge in [0.25, 0.3) is 0 Å². The maximum Gasteiger partial charge on any atom is 0.234 e. The number of thioether (sulfide) groups is 1. The number of carbonyl (C=O) groups is 1. The van der Waals surface area contributed by atoms with Crippen molar-refractivity contribution in [2.24, 2.45) is 0 Å². The zero-order chi connectivity index (χ0) is 21.6. The molecule has 5 nitrogen and oxygen atoms in total. The molecule has 1 aromatic heterocycles. The Morgan fingerprint density at radius 1 is 0.903 bits per heavy atom. The molecule has 0 radical (unpaired) electrons. The van der Waals surface area contributed by atoms with Crippen molar-refractivity contribution in [3.05, 3.63) is 101 Å². The van der Waals surface area contributed by atoms with Gasteiger partial charge in [-0.05, 0) is 49.2 Å². The van der Waals surface area contributed by atoms with Crippen molar-refractivity contribution in [3.8, 4) is 5.69 Å². The first-order valence-corrected chi connectivity index (χ1v) is 11.1. The van der Waals surface area contributed by atoms with Gasteiger partial charge in [-0.15, -0.1) is 10.2 Å². The third-order valence-electron chi connectivity index (χ3n) is 4.83. The molecular formula is C25H24N4OS. The van der Waals surface area contributed by atoms with Gasteiger partial charge in [-0.25, -0.2) is 0 Å². The van der Waals surface area contributed by atoms with Crippen LogP contribution in [-0.4, -0.2) is 26.4 Å². The predicted octanol–water partition coefficient (Wildman–Crippen LogP) is 5.21. The van der Waals surface area contributed by atoms with Crippen LogP contribution in [0.1, 0.15) is 22.5 Å². The Balaban J connectivity index is 1.55. The number of aromatic nitrogens is 3. The summed E-state index contributed by atoms with van der Waals surface area (Å²) < 4.78 is 2.04. The molecule has 31 heavy (non-hydrogen) atoms. The number of hydrogen-bond acceptors (Lipinski definition) is 4. The Kier molecular flexibility index (Phi) is 6.48. The van der Waals surface area contributed by atoms with Gasteiger partial charge in [0.2, 0.25) is 5.91 Å². The van der Waals surface area contributed by atoms with E-state index in [4.69, 9.17) is 0 Å². The fourth-order valence-electron chi connectivity index (χ4n) is 3.29. The van der Waals surface area contributed by atoms with Crippen molar-refractivity contribution in [1.29, 1.82) is 0 Å². The standard InChI is InChI=1S/C25H24N4OS/c1-18-11-13-22(14-12-18)29-23(16-20-8-4-3-5-9-20)27-28-25(29)31-17-24(30)26-21-10-6-7-19(2)15-21/h3-15H,16-17H2,1-2H3,(H,26,30). The number of aryl methyl sites for hydroxylation is 2. The smallest absolute Gasteiger partial charge is 0.234 e. The molecule has 156 valence electrons. The molecule has 0 fully saturated rings. The second-order valence-corrected chi connectivity index (χ2v) is 8.38. The molecule has 4 rings (SSSR count). The lowest BCUT2D eigenvalue weighted by atomic mass is 10.1. The minimum atomic E-state index is -0.0707. The molecule has 4 aromatic rings. The number of benzene rings is 3. The van der Waals surface area contributed by atoms with Crippen LogP contribution in [0.15, 0.2) is 84.0 Å². The molecule has 1 N–H and O–H groups in total. The third kappa shape index (κ3) is 5.41. The normalized spacial score (nSPS) is 10.8. The first-order valence-electron chi connectivity index (χ1n) is 10.1. The zero-order valence-electron chi connectivity index (χ0n) is 17.6. The van der Waals surface area contributed by atoms with Crippen molar-refractivity contribution < 1.29 is 4.79 Å². The lowest BCUT2D eigenvalue weighted by Crippen LogP contribution is -2.14. The quantitative estimate of drug-likeness (QED) is 0.411. The summed E-state index contributed by atoms with van der Waals surface area (Å²) >= 11 is 1.39. The van der Waals surface area contributed by atoms with E-state index in [0.717, 1.165) is 28.3 Å². The summed E-state index contributed by atoms with van der Waals surface area (Å²) in [6, 6.07) is 26.2. The van der Waals surface area contributed by atoms with E-state index in [9.17, 15) is 4.79 Å². The van der Waals surface area contributed by atoms with E-state index in [1.54, 1.807) is 0 Å². The molecule has 0 aliphatic carbocycles. The van der Waals surface area contributed by atoms with Crippen LogP contribution in [0.3, 0.4) is 0 Å². The van der Waals surface area contributed by atoms with Gasteiger partial charge in [0.05, 0.1) is 5.75 Å². The molecule has 0 spiro atoms. The largest absolute Gasteiger partial charge is 0.325 e. The highest BCUT2D eigenvalue weighted by Gasteiger charge is 2.16. The van der Waals surface area contributed by atoms with Gasteiger partial charge in [0, 0.05) is 17.8 Å². The van der Waals surface area contributed by atoms with Gasteiger partial charge in [0.15, 0.2) is 5.16 Å². The average molecular weight is 429 g/mol. The summed E-state index contributed by atoms with van der Waals surface area (Å²) in [6.07, 6.45) is 0.664. The van der Waals surface area contributed by atoms with Gasteiger partial charge >= 0.3 is 0 Å². The number of nitrogens with one attached hydrogen (secondary N) is 1. The Morgan fingerprint density at radius 3 is 2.42 bits per heavy atom. The minimum Gasteiger partial charge on any atom is -0.325 e. The van der Waals surface area contributed by atoms with Crippen LogP contribution in [0.25, 0.3) is 5.69 Å². The lowest BCUT2D eigenvalue weighted by molar-refractivity contribution is -0.113. The van der Waals surface area contributed by atoms with Gasteiger partial charge < -0.3 is 5.32 Å². The Bertz CT molecular complexity index is 1170. The summed E-state index contributed by atoms with van der Waals surface area (Å²) in [7, 11) is 0. The molecule has 0 bridgehead atoms. The average Bonchev–Trinajstić information content (AvgIpc) is 3.16. The molecule has 0 unspecified atom stereocenters. The van der Waals surface area contributed by atoms with Gasteiger partial charge in [-0.2, -0.15) is 0 Å². The van der Waals surface area contributed by atoms with Crippen LogP contribution < -0.4 is 5.32 Å². The van der Waals surface area contributed by atoms with Crippen molar-refractivity contribution >= 4 is 23.4 Å². The van der Waals surface area contributed by atoms with E-state index in [1.165, 1.54) is 17.3 Å². The zero-order valence-corrected chi connectivity index (χ0v) is 18.4. The maximum atomic E-state index is 12.5. The van der Waals surface area contributed by atoms with E-state index >= 15 is 0 Å². The second-order valence-electron chi connectivity index (χ2n) is 7.44. The molecule has 0 aliphatic rings. The topological polar surface area (TPSA) is 59.8 Å². The number of nitrogens with zero attached hydrogens (tertiary/aromatic N) is 3. The summed E-state index contributed by atoms with van der Waals surface area (Å²) in [5.74, 6) is 1.03. The Hall–Kier alpha value is -3.38. The predicted molar refractivity (Wildman–Crippen MR) is 126 cm³/mol. The molecule has 0 saturated heterocycles. The Morgan fingerprint density at radius 2 is 1.68 bits per heavy atom. The molecule has 0 atom stereocenters. The first kappa shape index (κ1) is 20.9. The highest BCUT2D eigenvalue weighted by atomic mass is 32.2. The molecule has 1 amide bonds. The van der Waals surface area contributed by atoms with Gasteiger partial charge in [-0.1, -0.05) is 71.9 Å². The molecule has 0 saturated carbocycles. The fourth-order valence-corrected chi connectivity index (χ4v) is 4.06. The molecule has 0 aliphatic heterocycles. The van der Waals surface area contributed by atoms with Crippen LogP contribution in [-0.2, 0) is 11.2 Å². The first-order chi connectivity index (χ1) is 15.1. The van der Waals surface area contributed by atoms with Crippen LogP contribution >= 0.6 is 11.8 Å². The summed E-state index contributed by atoms with van der Waals surface area (Å²) in [5.41, 5.74) is 5.25. The van der Waals surface area contributed by atoms with Crippen LogP contribution in [0.2, 0.25) is 0 Å². The minimum absolute atomic E-state index is 0.0707. The van der Waals surface area contributed by atoms with E-state index in [1.807, 2.05) is 54.0 Å². The summed E-state index contributed by atoms with van der Waals surface area (Å²) in [5, 5.41) is 12.5. The SMILES string of the molecule is Cc1ccc(-n2c(Cc3ccccc3)nnc2SCC(=O)Nc2cccc(C)c2)cc1. The Labute approximate surface area is 186 Å². The van der Waals surface area contributed by atoms with Crippen LogP contribution in [0.4, 0.5) is 5.69 Å². The summed E-state index contributed by atoms with van der Waals surface area (Å²) in [4.78, 5) is 12.5. The molecule has 3 aromatic carbocycles. The molecule has 6 heteroatoms. The van der Waals surface area contributed by atoms with Crippen molar-refractivity contribution in [2.45, 2.75) is 25.4 Å². The fraction of sp³-hybridized carbons (Fsp3) is 0.160. The second kappa shape index (κ2) is 9.62. The van der Waals surface area contributed by atoms with Crippen molar-refractivity contribution in [2.75, 3.05) is 11.1 Å². The third-order valence-corrected chi connectivity index (χ3v) is 5.76. The highest BCUT2D eigenvalue weighted by molar-refractivity contribution is 7.99. The molecular weight excluding hydrogens is 404 g/mol. The number of hydrogen-bond donors (Lipinski definition) is 1. The monoisotopic (exact) mass is 428 g/mol. The number of amides is 1. The molecule has 1 heterocycles. The van der Waals surface area contributed by atoms with E-state index in [-0.39, 0.29) is 11.7 Å². The maximum absolute atomic E-state index is 12.5. The number of rotatable bonds is 7. The van der Waals surface area contributed by atoms with Gasteiger partial charge in [-0.3, -0.25) is 9.36 Å². The van der Waals surface area contributed by atoms with E-state index in [2.05, 4.69) is 58.8 Å². The number of carbonyl (C=O) groups excluding carboxylic acids is 1. The van der Waals surface area contributed by atoms with Gasteiger partial charge in [0.1, 0.15) is 5.82 Å². The van der Waals surface area contributed by atoms with Crippen LogP contribution in [0.5, 0.6) is 0 Å². The van der Waals surface area contributed by atoms with Crippen LogP contribution in [0, 0.1) is 13.8 Å². The highest BCUT2D eigenvalue weighted by Crippen LogP contribution is 2.24. The van der Waals surface area contributed by atoms with E-state index in [0.29, 0.717) is 11.6 Å². The van der Waals surface area contributed by atoms with Crippen molar-refractivity contribution in [1.82, 2.24) is 14.8 Å². The summed E-state index contributed by atoms with van der Waals surface area (Å²) in [6.45, 7) is 4.06. The van der Waals surface area contributed by atoms with E-state index < -0.39 is 0 Å².